The normalized spacial score (nSPS) is 11.9. The molecule has 0 aliphatic heterocycles. The number of hydrogen-bond acceptors (Lipinski definition) is 3. The van der Waals surface area contributed by atoms with Crippen LogP contribution in [0.3, 0.4) is 0 Å². The molecule has 5 heteroatoms. The first-order valence-electron chi connectivity index (χ1n) is 7.04. The maximum Gasteiger partial charge on any atom is 0.269 e. The number of carbonyl (C=O) groups excluding carboxylic acids is 1. The van der Waals surface area contributed by atoms with E-state index < -0.39 is 4.92 Å². The third-order valence-corrected chi connectivity index (χ3v) is 3.25. The van der Waals surface area contributed by atoms with E-state index in [9.17, 15) is 14.9 Å². The van der Waals surface area contributed by atoms with Crippen molar-refractivity contribution in [3.8, 4) is 0 Å². The third-order valence-electron chi connectivity index (χ3n) is 3.25. The van der Waals surface area contributed by atoms with Gasteiger partial charge >= 0.3 is 0 Å². The van der Waals surface area contributed by atoms with Gasteiger partial charge in [0, 0.05) is 25.2 Å². The van der Waals surface area contributed by atoms with Gasteiger partial charge in [-0.3, -0.25) is 14.9 Å². The van der Waals surface area contributed by atoms with Crippen LogP contribution in [0.5, 0.6) is 0 Å². The van der Waals surface area contributed by atoms with Gasteiger partial charge in [-0.25, -0.2) is 0 Å². The number of nitrogens with zero attached hydrogens (tertiary/aromatic N) is 2. The van der Waals surface area contributed by atoms with Crippen molar-refractivity contribution in [2.75, 3.05) is 13.1 Å². The van der Waals surface area contributed by atoms with Gasteiger partial charge in [-0.1, -0.05) is 26.0 Å². The van der Waals surface area contributed by atoms with Crippen LogP contribution in [-0.2, 0) is 4.79 Å². The molecule has 0 unspecified atom stereocenters. The molecule has 1 amide bonds. The first kappa shape index (κ1) is 16.1. The van der Waals surface area contributed by atoms with Crippen molar-refractivity contribution in [3.05, 3.63) is 39.9 Å². The summed E-state index contributed by atoms with van der Waals surface area (Å²) in [7, 11) is 0. The van der Waals surface area contributed by atoms with Gasteiger partial charge in [-0.05, 0) is 25.3 Å². The molecule has 0 fully saturated rings. The molecule has 0 saturated carbocycles. The number of amides is 1. The lowest BCUT2D eigenvalue weighted by atomic mass is 9.99. The van der Waals surface area contributed by atoms with Crippen molar-refractivity contribution in [2.24, 2.45) is 0 Å². The topological polar surface area (TPSA) is 63.5 Å². The zero-order chi connectivity index (χ0) is 15.1. The molecule has 1 aromatic rings. The van der Waals surface area contributed by atoms with Crippen molar-refractivity contribution < 1.29 is 9.72 Å². The summed E-state index contributed by atoms with van der Waals surface area (Å²) in [5.41, 5.74) is 0.723. The van der Waals surface area contributed by atoms with E-state index in [1.54, 1.807) is 19.1 Å². The van der Waals surface area contributed by atoms with Crippen molar-refractivity contribution in [1.82, 2.24) is 4.90 Å². The van der Waals surface area contributed by atoms with Gasteiger partial charge in [0.05, 0.1) is 10.8 Å². The molecule has 0 aliphatic carbocycles. The summed E-state index contributed by atoms with van der Waals surface area (Å²) >= 11 is 0. The monoisotopic (exact) mass is 278 g/mol. The Morgan fingerprint density at radius 1 is 1.30 bits per heavy atom. The Labute approximate surface area is 119 Å². The van der Waals surface area contributed by atoms with Gasteiger partial charge < -0.3 is 4.90 Å². The fourth-order valence-corrected chi connectivity index (χ4v) is 2.20. The maximum absolute atomic E-state index is 12.5. The van der Waals surface area contributed by atoms with E-state index in [0.29, 0.717) is 5.56 Å². The van der Waals surface area contributed by atoms with Crippen molar-refractivity contribution in [1.29, 1.82) is 0 Å². The lowest BCUT2D eigenvalue weighted by molar-refractivity contribution is -0.384. The first-order chi connectivity index (χ1) is 9.51. The van der Waals surface area contributed by atoms with E-state index in [4.69, 9.17) is 0 Å². The fraction of sp³-hybridized carbons (Fsp3) is 0.533. The summed E-state index contributed by atoms with van der Waals surface area (Å²) in [4.78, 5) is 24.7. The molecule has 1 rings (SSSR count). The van der Waals surface area contributed by atoms with E-state index >= 15 is 0 Å². The minimum atomic E-state index is -0.434. The fourth-order valence-electron chi connectivity index (χ4n) is 2.20. The molecule has 0 radical (unpaired) electrons. The van der Waals surface area contributed by atoms with E-state index in [2.05, 4.69) is 0 Å². The second kappa shape index (κ2) is 7.62. The minimum Gasteiger partial charge on any atom is -0.342 e. The number of carbonyl (C=O) groups is 1. The molecular weight excluding hydrogens is 256 g/mol. The smallest absolute Gasteiger partial charge is 0.269 e. The summed E-state index contributed by atoms with van der Waals surface area (Å²) in [5.74, 6) is -0.317. The standard InChI is InChI=1S/C15H22N2O3/c1-4-9-16(10-5-2)15(18)12(3)13-7-6-8-14(11-13)17(19)20/h6-8,11-12H,4-5,9-10H2,1-3H3/t12-/m1/s1. The number of nitro benzene ring substituents is 1. The van der Waals surface area contributed by atoms with Gasteiger partial charge in [0.15, 0.2) is 0 Å². The van der Waals surface area contributed by atoms with Crippen LogP contribution in [0.1, 0.15) is 45.1 Å². The zero-order valence-electron chi connectivity index (χ0n) is 12.3. The molecule has 0 aliphatic rings. The molecule has 0 bridgehead atoms. The van der Waals surface area contributed by atoms with E-state index in [1.807, 2.05) is 18.7 Å². The van der Waals surface area contributed by atoms with Gasteiger partial charge in [-0.15, -0.1) is 0 Å². The molecular formula is C15H22N2O3. The van der Waals surface area contributed by atoms with Crippen LogP contribution in [0.15, 0.2) is 24.3 Å². The van der Waals surface area contributed by atoms with Crippen LogP contribution < -0.4 is 0 Å². The van der Waals surface area contributed by atoms with E-state index in [0.717, 1.165) is 25.9 Å². The summed E-state index contributed by atoms with van der Waals surface area (Å²) in [5, 5.41) is 10.8. The largest absolute Gasteiger partial charge is 0.342 e. The molecule has 20 heavy (non-hydrogen) atoms. The second-order valence-electron chi connectivity index (χ2n) is 4.90. The molecule has 0 N–H and O–H groups in total. The molecule has 5 nitrogen and oxygen atoms in total. The highest BCUT2D eigenvalue weighted by molar-refractivity contribution is 5.83. The summed E-state index contributed by atoms with van der Waals surface area (Å²) in [6.07, 6.45) is 1.82. The lowest BCUT2D eigenvalue weighted by Crippen LogP contribution is -2.35. The highest BCUT2D eigenvalue weighted by Crippen LogP contribution is 2.22. The van der Waals surface area contributed by atoms with E-state index in [-0.39, 0.29) is 17.5 Å². The SMILES string of the molecule is CCCN(CCC)C(=O)[C@H](C)c1cccc([N+](=O)[O-])c1. The Morgan fingerprint density at radius 2 is 1.90 bits per heavy atom. The summed E-state index contributed by atoms with van der Waals surface area (Å²) in [6, 6.07) is 6.32. The first-order valence-corrected chi connectivity index (χ1v) is 7.04. The highest BCUT2D eigenvalue weighted by atomic mass is 16.6. The number of rotatable bonds is 7. The van der Waals surface area contributed by atoms with E-state index in [1.165, 1.54) is 12.1 Å². The molecule has 110 valence electrons. The lowest BCUT2D eigenvalue weighted by Gasteiger charge is -2.25. The molecule has 0 aromatic heterocycles. The Balaban J connectivity index is 2.91. The summed E-state index contributed by atoms with van der Waals surface area (Å²) in [6.45, 7) is 7.33. The predicted molar refractivity (Wildman–Crippen MR) is 78.7 cm³/mol. The van der Waals surface area contributed by atoms with Crippen LogP contribution in [0.2, 0.25) is 0 Å². The Bertz CT molecular complexity index is 468. The van der Waals surface area contributed by atoms with Crippen LogP contribution in [0, 0.1) is 10.1 Å². The van der Waals surface area contributed by atoms with Gasteiger partial charge in [-0.2, -0.15) is 0 Å². The van der Waals surface area contributed by atoms with Crippen LogP contribution in [0.25, 0.3) is 0 Å². The van der Waals surface area contributed by atoms with Crippen LogP contribution in [-0.4, -0.2) is 28.8 Å². The van der Waals surface area contributed by atoms with Crippen molar-refractivity contribution >= 4 is 11.6 Å². The van der Waals surface area contributed by atoms with Crippen LogP contribution in [0.4, 0.5) is 5.69 Å². The van der Waals surface area contributed by atoms with Gasteiger partial charge in [0.2, 0.25) is 5.91 Å². The Hall–Kier alpha value is -1.91. The number of nitro groups is 1. The zero-order valence-corrected chi connectivity index (χ0v) is 12.3. The average Bonchev–Trinajstić information content (AvgIpc) is 2.45. The molecule has 0 saturated heterocycles. The number of non-ortho nitro benzene ring substituents is 1. The predicted octanol–water partition coefficient (Wildman–Crippen LogP) is 3.35. The number of hydrogen-bond donors (Lipinski definition) is 0. The third kappa shape index (κ3) is 4.05. The average molecular weight is 278 g/mol. The quantitative estimate of drug-likeness (QED) is 0.567. The molecule has 0 spiro atoms. The van der Waals surface area contributed by atoms with Crippen LogP contribution >= 0.6 is 0 Å². The van der Waals surface area contributed by atoms with Gasteiger partial charge in [0.1, 0.15) is 0 Å². The minimum absolute atomic E-state index is 0.0275. The highest BCUT2D eigenvalue weighted by Gasteiger charge is 2.22. The van der Waals surface area contributed by atoms with Gasteiger partial charge in [0.25, 0.3) is 5.69 Å². The molecule has 1 atom stereocenters. The second-order valence-corrected chi connectivity index (χ2v) is 4.90. The molecule has 1 aromatic carbocycles. The number of benzene rings is 1. The Kier molecular flexibility index (Phi) is 6.15. The van der Waals surface area contributed by atoms with Crippen molar-refractivity contribution in [2.45, 2.75) is 39.5 Å². The maximum atomic E-state index is 12.5. The summed E-state index contributed by atoms with van der Waals surface area (Å²) < 4.78 is 0. The molecule has 0 heterocycles. The Morgan fingerprint density at radius 3 is 2.40 bits per heavy atom. The van der Waals surface area contributed by atoms with Crippen molar-refractivity contribution in [3.63, 3.8) is 0 Å².